The SMILES string of the molecule is O=C(NC1CCNC1)c1ccc(N2CCCC2=O)cc1. The molecule has 2 saturated heterocycles. The standard InChI is InChI=1S/C15H19N3O2/c19-14-2-1-9-18(14)13-5-3-11(4-6-13)15(20)17-12-7-8-16-10-12/h3-6,12,16H,1-2,7-10H2,(H,17,20). The molecule has 2 fully saturated rings. The molecule has 0 radical (unpaired) electrons. The van der Waals surface area contributed by atoms with Gasteiger partial charge in [-0.2, -0.15) is 0 Å². The van der Waals surface area contributed by atoms with Crippen molar-refractivity contribution in [3.8, 4) is 0 Å². The highest BCUT2D eigenvalue weighted by Gasteiger charge is 2.22. The van der Waals surface area contributed by atoms with E-state index in [9.17, 15) is 9.59 Å². The van der Waals surface area contributed by atoms with Crippen LogP contribution in [0.4, 0.5) is 5.69 Å². The fourth-order valence-electron chi connectivity index (χ4n) is 2.76. The largest absolute Gasteiger partial charge is 0.348 e. The number of benzene rings is 1. The van der Waals surface area contributed by atoms with Gasteiger partial charge in [-0.05, 0) is 43.7 Å². The Bertz CT molecular complexity index is 506. The second kappa shape index (κ2) is 5.63. The van der Waals surface area contributed by atoms with E-state index in [1.54, 1.807) is 17.0 Å². The van der Waals surface area contributed by atoms with E-state index in [0.717, 1.165) is 38.2 Å². The minimum atomic E-state index is -0.0435. The Kier molecular flexibility index (Phi) is 3.69. The summed E-state index contributed by atoms with van der Waals surface area (Å²) in [7, 11) is 0. The summed E-state index contributed by atoms with van der Waals surface area (Å²) in [5.74, 6) is 0.122. The van der Waals surface area contributed by atoms with Crippen LogP contribution in [0.1, 0.15) is 29.6 Å². The van der Waals surface area contributed by atoms with Crippen molar-refractivity contribution in [1.29, 1.82) is 0 Å². The van der Waals surface area contributed by atoms with Gasteiger partial charge in [0.05, 0.1) is 0 Å². The minimum Gasteiger partial charge on any atom is -0.348 e. The van der Waals surface area contributed by atoms with E-state index in [-0.39, 0.29) is 17.9 Å². The molecular weight excluding hydrogens is 254 g/mol. The first kappa shape index (κ1) is 13.1. The van der Waals surface area contributed by atoms with E-state index in [0.29, 0.717) is 12.0 Å². The first-order chi connectivity index (χ1) is 9.74. The number of rotatable bonds is 3. The molecule has 2 N–H and O–H groups in total. The predicted molar refractivity (Wildman–Crippen MR) is 76.8 cm³/mol. The lowest BCUT2D eigenvalue weighted by Crippen LogP contribution is -2.36. The second-order valence-electron chi connectivity index (χ2n) is 5.36. The highest BCUT2D eigenvalue weighted by Crippen LogP contribution is 2.21. The van der Waals surface area contributed by atoms with Gasteiger partial charge < -0.3 is 15.5 Å². The topological polar surface area (TPSA) is 61.4 Å². The zero-order valence-electron chi connectivity index (χ0n) is 11.4. The van der Waals surface area contributed by atoms with Crippen molar-refractivity contribution in [3.63, 3.8) is 0 Å². The lowest BCUT2D eigenvalue weighted by atomic mass is 10.1. The number of nitrogens with zero attached hydrogens (tertiary/aromatic N) is 1. The summed E-state index contributed by atoms with van der Waals surface area (Å²) in [4.78, 5) is 25.5. The zero-order valence-corrected chi connectivity index (χ0v) is 11.4. The van der Waals surface area contributed by atoms with Crippen molar-refractivity contribution in [3.05, 3.63) is 29.8 Å². The van der Waals surface area contributed by atoms with Gasteiger partial charge in [0.1, 0.15) is 0 Å². The molecule has 0 aromatic heterocycles. The maximum Gasteiger partial charge on any atom is 0.251 e. The first-order valence-electron chi connectivity index (χ1n) is 7.16. The van der Waals surface area contributed by atoms with E-state index < -0.39 is 0 Å². The van der Waals surface area contributed by atoms with Crippen LogP contribution in [-0.2, 0) is 4.79 Å². The summed E-state index contributed by atoms with van der Waals surface area (Å²) in [5, 5.41) is 6.23. The van der Waals surface area contributed by atoms with Gasteiger partial charge in [-0.15, -0.1) is 0 Å². The molecule has 1 unspecified atom stereocenters. The third-order valence-corrected chi connectivity index (χ3v) is 3.91. The molecule has 0 aliphatic carbocycles. The summed E-state index contributed by atoms with van der Waals surface area (Å²) in [6.45, 7) is 2.57. The van der Waals surface area contributed by atoms with Gasteiger partial charge in [0.15, 0.2) is 0 Å². The zero-order chi connectivity index (χ0) is 13.9. The fourth-order valence-corrected chi connectivity index (χ4v) is 2.76. The Morgan fingerprint density at radius 1 is 1.30 bits per heavy atom. The van der Waals surface area contributed by atoms with Crippen LogP contribution < -0.4 is 15.5 Å². The summed E-state index contributed by atoms with van der Waals surface area (Å²) in [6, 6.07) is 7.51. The average molecular weight is 273 g/mol. The summed E-state index contributed by atoms with van der Waals surface area (Å²) in [5.41, 5.74) is 1.53. The number of carbonyl (C=O) groups excluding carboxylic acids is 2. The van der Waals surface area contributed by atoms with Crippen molar-refractivity contribution in [2.75, 3.05) is 24.5 Å². The van der Waals surface area contributed by atoms with Crippen LogP contribution in [0.2, 0.25) is 0 Å². The molecule has 5 nitrogen and oxygen atoms in total. The number of hydrogen-bond donors (Lipinski definition) is 2. The van der Waals surface area contributed by atoms with E-state index in [1.807, 2.05) is 12.1 Å². The summed E-state index contributed by atoms with van der Waals surface area (Å²) in [6.07, 6.45) is 2.51. The lowest BCUT2D eigenvalue weighted by molar-refractivity contribution is -0.117. The number of anilines is 1. The summed E-state index contributed by atoms with van der Waals surface area (Å²) >= 11 is 0. The molecular formula is C15H19N3O2. The highest BCUT2D eigenvalue weighted by atomic mass is 16.2. The molecule has 2 amide bonds. The van der Waals surface area contributed by atoms with Crippen molar-refractivity contribution in [2.24, 2.45) is 0 Å². The number of hydrogen-bond acceptors (Lipinski definition) is 3. The molecule has 106 valence electrons. The Morgan fingerprint density at radius 2 is 2.10 bits per heavy atom. The predicted octanol–water partition coefficient (Wildman–Crippen LogP) is 0.905. The number of amides is 2. The van der Waals surface area contributed by atoms with Gasteiger partial charge >= 0.3 is 0 Å². The minimum absolute atomic E-state index is 0.0435. The Morgan fingerprint density at radius 3 is 2.70 bits per heavy atom. The molecule has 0 saturated carbocycles. The smallest absolute Gasteiger partial charge is 0.251 e. The number of nitrogens with one attached hydrogen (secondary N) is 2. The molecule has 1 aromatic rings. The van der Waals surface area contributed by atoms with Crippen LogP contribution in [0, 0.1) is 0 Å². The Balaban J connectivity index is 1.66. The molecule has 2 aliphatic heterocycles. The molecule has 0 bridgehead atoms. The monoisotopic (exact) mass is 273 g/mol. The maximum atomic E-state index is 12.1. The van der Waals surface area contributed by atoms with Crippen LogP contribution in [-0.4, -0.2) is 37.5 Å². The van der Waals surface area contributed by atoms with Crippen LogP contribution >= 0.6 is 0 Å². The van der Waals surface area contributed by atoms with E-state index >= 15 is 0 Å². The molecule has 0 spiro atoms. The van der Waals surface area contributed by atoms with Gasteiger partial charge in [-0.3, -0.25) is 9.59 Å². The summed E-state index contributed by atoms with van der Waals surface area (Å²) < 4.78 is 0. The molecule has 3 rings (SSSR count). The van der Waals surface area contributed by atoms with E-state index in [2.05, 4.69) is 10.6 Å². The van der Waals surface area contributed by atoms with Crippen molar-refractivity contribution < 1.29 is 9.59 Å². The second-order valence-corrected chi connectivity index (χ2v) is 5.36. The number of carbonyl (C=O) groups is 2. The Hall–Kier alpha value is -1.88. The molecule has 1 aromatic carbocycles. The van der Waals surface area contributed by atoms with Crippen LogP contribution in [0.3, 0.4) is 0 Å². The van der Waals surface area contributed by atoms with Crippen molar-refractivity contribution >= 4 is 17.5 Å². The normalized spacial score (nSPS) is 22.3. The van der Waals surface area contributed by atoms with Crippen LogP contribution in [0.15, 0.2) is 24.3 Å². The quantitative estimate of drug-likeness (QED) is 0.860. The van der Waals surface area contributed by atoms with E-state index in [1.165, 1.54) is 0 Å². The molecule has 2 heterocycles. The highest BCUT2D eigenvalue weighted by molar-refractivity contribution is 5.97. The first-order valence-corrected chi connectivity index (χ1v) is 7.16. The van der Waals surface area contributed by atoms with E-state index in [4.69, 9.17) is 0 Å². The van der Waals surface area contributed by atoms with Crippen LogP contribution in [0.5, 0.6) is 0 Å². The lowest BCUT2D eigenvalue weighted by Gasteiger charge is -2.16. The van der Waals surface area contributed by atoms with Crippen LogP contribution in [0.25, 0.3) is 0 Å². The van der Waals surface area contributed by atoms with Gasteiger partial charge in [0.25, 0.3) is 5.91 Å². The molecule has 5 heteroatoms. The van der Waals surface area contributed by atoms with Crippen molar-refractivity contribution in [1.82, 2.24) is 10.6 Å². The van der Waals surface area contributed by atoms with Crippen molar-refractivity contribution in [2.45, 2.75) is 25.3 Å². The Labute approximate surface area is 118 Å². The third kappa shape index (κ3) is 2.67. The molecule has 1 atom stereocenters. The van der Waals surface area contributed by atoms with Gasteiger partial charge in [-0.25, -0.2) is 0 Å². The fraction of sp³-hybridized carbons (Fsp3) is 0.467. The molecule has 20 heavy (non-hydrogen) atoms. The van der Waals surface area contributed by atoms with Gasteiger partial charge in [0, 0.05) is 36.8 Å². The maximum absolute atomic E-state index is 12.1. The molecule has 2 aliphatic rings. The third-order valence-electron chi connectivity index (χ3n) is 3.91. The van der Waals surface area contributed by atoms with Gasteiger partial charge in [-0.1, -0.05) is 0 Å². The average Bonchev–Trinajstić information content (AvgIpc) is 3.10. The van der Waals surface area contributed by atoms with Gasteiger partial charge in [0.2, 0.25) is 5.91 Å².